The summed E-state index contributed by atoms with van der Waals surface area (Å²) in [6.07, 6.45) is 0. The zero-order chi connectivity index (χ0) is 14.5. The van der Waals surface area contributed by atoms with Gasteiger partial charge in [0.1, 0.15) is 5.75 Å². The summed E-state index contributed by atoms with van der Waals surface area (Å²) >= 11 is 0. The van der Waals surface area contributed by atoms with Crippen LogP contribution in [0.15, 0.2) is 42.5 Å². The molecule has 1 amide bonds. The van der Waals surface area contributed by atoms with E-state index in [1.54, 1.807) is 42.5 Å². The summed E-state index contributed by atoms with van der Waals surface area (Å²) in [6, 6.07) is 12.0. The minimum absolute atomic E-state index is 0.0307. The fourth-order valence-corrected chi connectivity index (χ4v) is 1.81. The molecule has 2 rings (SSSR count). The van der Waals surface area contributed by atoms with Crippen molar-refractivity contribution < 1.29 is 14.6 Å². The lowest BCUT2D eigenvalue weighted by atomic mass is 10.1. The van der Waals surface area contributed by atoms with Crippen LogP contribution in [0.5, 0.6) is 5.75 Å². The summed E-state index contributed by atoms with van der Waals surface area (Å²) in [5.41, 5.74) is 7.95. The standard InChI is InChI=1S/C15H16N2O3/c1-20-13-4-2-3-12(14(13)16)15(19)17-11-7-5-10(9-18)6-8-11/h2-8,18H,9,16H2,1H3,(H,17,19). The van der Waals surface area contributed by atoms with E-state index in [9.17, 15) is 4.79 Å². The fraction of sp³-hybridized carbons (Fsp3) is 0.133. The number of hydrogen-bond donors (Lipinski definition) is 3. The molecule has 2 aromatic carbocycles. The van der Waals surface area contributed by atoms with Crippen LogP contribution in [0.2, 0.25) is 0 Å². The van der Waals surface area contributed by atoms with Gasteiger partial charge < -0.3 is 20.9 Å². The molecule has 104 valence electrons. The minimum atomic E-state index is -0.307. The first-order chi connectivity index (χ1) is 9.65. The summed E-state index contributed by atoms with van der Waals surface area (Å²) in [5, 5.41) is 11.7. The third-order valence-corrected chi connectivity index (χ3v) is 2.93. The van der Waals surface area contributed by atoms with Crippen molar-refractivity contribution in [2.24, 2.45) is 0 Å². The molecule has 0 aliphatic carbocycles. The van der Waals surface area contributed by atoms with E-state index in [-0.39, 0.29) is 12.5 Å². The number of anilines is 2. The SMILES string of the molecule is COc1cccc(C(=O)Nc2ccc(CO)cc2)c1N. The maximum Gasteiger partial charge on any atom is 0.257 e. The Kier molecular flexibility index (Phi) is 4.22. The minimum Gasteiger partial charge on any atom is -0.495 e. The number of nitrogens with one attached hydrogen (secondary N) is 1. The van der Waals surface area contributed by atoms with E-state index in [4.69, 9.17) is 15.6 Å². The van der Waals surface area contributed by atoms with E-state index in [2.05, 4.69) is 5.32 Å². The molecule has 0 saturated carbocycles. The number of carbonyl (C=O) groups excluding carboxylic acids is 1. The van der Waals surface area contributed by atoms with E-state index in [0.29, 0.717) is 22.7 Å². The van der Waals surface area contributed by atoms with Crippen LogP contribution in [0.3, 0.4) is 0 Å². The van der Waals surface area contributed by atoms with Crippen molar-refractivity contribution >= 4 is 17.3 Å². The molecule has 5 heteroatoms. The highest BCUT2D eigenvalue weighted by Crippen LogP contribution is 2.25. The van der Waals surface area contributed by atoms with Gasteiger partial charge in [-0.05, 0) is 29.8 Å². The normalized spacial score (nSPS) is 10.1. The van der Waals surface area contributed by atoms with Gasteiger partial charge >= 0.3 is 0 Å². The van der Waals surface area contributed by atoms with Crippen LogP contribution >= 0.6 is 0 Å². The number of hydrogen-bond acceptors (Lipinski definition) is 4. The van der Waals surface area contributed by atoms with Crippen LogP contribution in [0.1, 0.15) is 15.9 Å². The highest BCUT2D eigenvalue weighted by atomic mass is 16.5. The number of methoxy groups -OCH3 is 1. The lowest BCUT2D eigenvalue weighted by Crippen LogP contribution is -2.14. The molecule has 0 spiro atoms. The van der Waals surface area contributed by atoms with Crippen molar-refractivity contribution in [1.82, 2.24) is 0 Å². The number of carbonyl (C=O) groups is 1. The number of nitrogens with two attached hydrogens (primary N) is 1. The first-order valence-corrected chi connectivity index (χ1v) is 6.09. The number of para-hydroxylation sites is 1. The topological polar surface area (TPSA) is 84.6 Å². The molecule has 0 unspecified atom stereocenters. The van der Waals surface area contributed by atoms with Crippen LogP contribution in [0, 0.1) is 0 Å². The molecule has 0 fully saturated rings. The van der Waals surface area contributed by atoms with Crippen molar-refractivity contribution in [3.8, 4) is 5.75 Å². The van der Waals surface area contributed by atoms with Gasteiger partial charge in [-0.1, -0.05) is 18.2 Å². The van der Waals surface area contributed by atoms with E-state index in [1.165, 1.54) is 7.11 Å². The first kappa shape index (κ1) is 13.9. The highest BCUT2D eigenvalue weighted by Gasteiger charge is 2.13. The Bertz CT molecular complexity index is 609. The van der Waals surface area contributed by atoms with Gasteiger partial charge in [0.25, 0.3) is 5.91 Å². The Morgan fingerprint density at radius 3 is 2.55 bits per heavy atom. The van der Waals surface area contributed by atoms with Crippen molar-refractivity contribution in [2.45, 2.75) is 6.61 Å². The largest absolute Gasteiger partial charge is 0.495 e. The summed E-state index contributed by atoms with van der Waals surface area (Å²) in [7, 11) is 1.50. The van der Waals surface area contributed by atoms with E-state index < -0.39 is 0 Å². The third-order valence-electron chi connectivity index (χ3n) is 2.93. The Morgan fingerprint density at radius 2 is 1.95 bits per heavy atom. The molecule has 4 N–H and O–H groups in total. The van der Waals surface area contributed by atoms with Gasteiger partial charge in [-0.15, -0.1) is 0 Å². The van der Waals surface area contributed by atoms with Crippen LogP contribution < -0.4 is 15.8 Å². The van der Waals surface area contributed by atoms with E-state index in [0.717, 1.165) is 5.56 Å². The van der Waals surface area contributed by atoms with Gasteiger partial charge in [0.15, 0.2) is 0 Å². The fourth-order valence-electron chi connectivity index (χ4n) is 1.81. The smallest absolute Gasteiger partial charge is 0.257 e. The molecule has 2 aromatic rings. The Labute approximate surface area is 117 Å². The molecular weight excluding hydrogens is 256 g/mol. The number of amides is 1. The van der Waals surface area contributed by atoms with Gasteiger partial charge in [-0.25, -0.2) is 0 Å². The maximum atomic E-state index is 12.2. The van der Waals surface area contributed by atoms with Crippen LogP contribution in [0.25, 0.3) is 0 Å². The van der Waals surface area contributed by atoms with Crippen molar-refractivity contribution in [1.29, 1.82) is 0 Å². The predicted molar refractivity (Wildman–Crippen MR) is 77.7 cm³/mol. The summed E-state index contributed by atoms with van der Waals surface area (Å²) in [4.78, 5) is 12.2. The van der Waals surface area contributed by atoms with Crippen LogP contribution in [0.4, 0.5) is 11.4 Å². The molecule has 0 radical (unpaired) electrons. The van der Waals surface area contributed by atoms with Crippen LogP contribution in [-0.4, -0.2) is 18.1 Å². The van der Waals surface area contributed by atoms with Gasteiger partial charge in [0, 0.05) is 5.69 Å². The Morgan fingerprint density at radius 1 is 1.25 bits per heavy atom. The number of nitrogen functional groups attached to an aromatic ring is 1. The zero-order valence-electron chi connectivity index (χ0n) is 11.1. The number of rotatable bonds is 4. The first-order valence-electron chi connectivity index (χ1n) is 6.09. The molecular formula is C15H16N2O3. The third kappa shape index (κ3) is 2.89. The molecule has 5 nitrogen and oxygen atoms in total. The molecule has 0 aromatic heterocycles. The zero-order valence-corrected chi connectivity index (χ0v) is 11.1. The van der Waals surface area contributed by atoms with E-state index in [1.807, 2.05) is 0 Å². The van der Waals surface area contributed by atoms with Gasteiger partial charge in [-0.2, -0.15) is 0 Å². The number of aliphatic hydroxyl groups is 1. The Balaban J connectivity index is 2.19. The monoisotopic (exact) mass is 272 g/mol. The molecule has 0 saturated heterocycles. The van der Waals surface area contributed by atoms with Crippen LogP contribution in [-0.2, 0) is 6.61 Å². The second-order valence-corrected chi connectivity index (χ2v) is 4.23. The number of benzene rings is 2. The van der Waals surface area contributed by atoms with Crippen molar-refractivity contribution in [3.63, 3.8) is 0 Å². The molecule has 0 atom stereocenters. The molecule has 0 aliphatic rings. The second-order valence-electron chi connectivity index (χ2n) is 4.23. The molecule has 0 aliphatic heterocycles. The molecule has 0 bridgehead atoms. The molecule has 20 heavy (non-hydrogen) atoms. The lowest BCUT2D eigenvalue weighted by Gasteiger charge is -2.10. The average Bonchev–Trinajstić information content (AvgIpc) is 2.48. The summed E-state index contributed by atoms with van der Waals surface area (Å²) in [5.74, 6) is 0.159. The summed E-state index contributed by atoms with van der Waals surface area (Å²) < 4.78 is 5.08. The summed E-state index contributed by atoms with van der Waals surface area (Å²) in [6.45, 7) is -0.0307. The van der Waals surface area contributed by atoms with Gasteiger partial charge in [0.05, 0.1) is 25.0 Å². The Hall–Kier alpha value is -2.53. The van der Waals surface area contributed by atoms with Gasteiger partial charge in [-0.3, -0.25) is 4.79 Å². The lowest BCUT2D eigenvalue weighted by molar-refractivity contribution is 0.102. The number of aliphatic hydroxyl groups excluding tert-OH is 1. The number of ether oxygens (including phenoxy) is 1. The highest BCUT2D eigenvalue weighted by molar-refractivity contribution is 6.08. The van der Waals surface area contributed by atoms with Gasteiger partial charge in [0.2, 0.25) is 0 Å². The average molecular weight is 272 g/mol. The predicted octanol–water partition coefficient (Wildman–Crippen LogP) is 2.02. The van der Waals surface area contributed by atoms with Crippen molar-refractivity contribution in [3.05, 3.63) is 53.6 Å². The maximum absolute atomic E-state index is 12.2. The molecule has 0 heterocycles. The van der Waals surface area contributed by atoms with E-state index >= 15 is 0 Å². The van der Waals surface area contributed by atoms with Crippen molar-refractivity contribution in [2.75, 3.05) is 18.2 Å². The second kappa shape index (κ2) is 6.08. The quantitative estimate of drug-likeness (QED) is 0.743.